The fourth-order valence-electron chi connectivity index (χ4n) is 1.77. The number of carbonyl (C=O) groups excluding carboxylic acids is 1. The van der Waals surface area contributed by atoms with Gasteiger partial charge in [-0.05, 0) is 30.7 Å². The van der Waals surface area contributed by atoms with E-state index < -0.39 is 0 Å². The van der Waals surface area contributed by atoms with Crippen LogP contribution >= 0.6 is 11.6 Å². The highest BCUT2D eigenvalue weighted by molar-refractivity contribution is 6.30. The molecule has 2 N–H and O–H groups in total. The molecule has 5 heteroatoms. The molecular formula is C14H21ClN2O2. The van der Waals surface area contributed by atoms with Crippen molar-refractivity contribution in [2.24, 2.45) is 0 Å². The van der Waals surface area contributed by atoms with Crippen molar-refractivity contribution in [3.63, 3.8) is 0 Å². The van der Waals surface area contributed by atoms with Gasteiger partial charge in [0.1, 0.15) is 0 Å². The second-order valence-corrected chi connectivity index (χ2v) is 4.81. The SMILES string of the molecule is CCCC(COC)NCC(=O)Nc1ccc(Cl)cc1. The minimum atomic E-state index is -0.0699. The molecule has 1 atom stereocenters. The summed E-state index contributed by atoms with van der Waals surface area (Å²) in [5, 5.41) is 6.65. The lowest BCUT2D eigenvalue weighted by Gasteiger charge is -2.16. The fourth-order valence-corrected chi connectivity index (χ4v) is 1.90. The maximum Gasteiger partial charge on any atom is 0.238 e. The Morgan fingerprint density at radius 1 is 1.37 bits per heavy atom. The Hall–Kier alpha value is -1.10. The van der Waals surface area contributed by atoms with Crippen LogP contribution in [0, 0.1) is 0 Å². The molecule has 1 rings (SSSR count). The highest BCUT2D eigenvalue weighted by atomic mass is 35.5. The highest BCUT2D eigenvalue weighted by Gasteiger charge is 2.09. The smallest absolute Gasteiger partial charge is 0.238 e. The fraction of sp³-hybridized carbons (Fsp3) is 0.500. The first-order chi connectivity index (χ1) is 9.15. The standard InChI is InChI=1S/C14H21ClN2O2/c1-3-4-13(10-19-2)16-9-14(18)17-12-7-5-11(15)6-8-12/h5-8,13,16H,3-4,9-10H2,1-2H3,(H,17,18). The van der Waals surface area contributed by atoms with E-state index in [1.165, 1.54) is 0 Å². The average molecular weight is 285 g/mol. The molecule has 0 saturated carbocycles. The molecule has 19 heavy (non-hydrogen) atoms. The molecule has 1 amide bonds. The molecule has 1 unspecified atom stereocenters. The molecule has 0 spiro atoms. The summed E-state index contributed by atoms with van der Waals surface area (Å²) in [5.74, 6) is -0.0699. The van der Waals surface area contributed by atoms with Crippen LogP contribution in [0.2, 0.25) is 5.02 Å². The van der Waals surface area contributed by atoms with Crippen LogP contribution in [-0.2, 0) is 9.53 Å². The van der Waals surface area contributed by atoms with Crippen molar-refractivity contribution in [1.82, 2.24) is 5.32 Å². The maximum absolute atomic E-state index is 11.8. The van der Waals surface area contributed by atoms with Crippen molar-refractivity contribution in [3.05, 3.63) is 29.3 Å². The molecule has 0 radical (unpaired) electrons. The molecule has 0 aliphatic rings. The van der Waals surface area contributed by atoms with Gasteiger partial charge in [0.15, 0.2) is 0 Å². The normalized spacial score (nSPS) is 12.2. The number of methoxy groups -OCH3 is 1. The van der Waals surface area contributed by atoms with Crippen LogP contribution in [0.1, 0.15) is 19.8 Å². The van der Waals surface area contributed by atoms with Gasteiger partial charge in [0.2, 0.25) is 5.91 Å². The van der Waals surface area contributed by atoms with Gasteiger partial charge in [-0.15, -0.1) is 0 Å². The number of ether oxygens (including phenoxy) is 1. The van der Waals surface area contributed by atoms with Crippen LogP contribution in [0.5, 0.6) is 0 Å². The predicted molar refractivity (Wildman–Crippen MR) is 78.7 cm³/mol. The van der Waals surface area contributed by atoms with Crippen molar-refractivity contribution in [3.8, 4) is 0 Å². The zero-order valence-electron chi connectivity index (χ0n) is 11.4. The molecule has 0 aliphatic heterocycles. The molecule has 0 bridgehead atoms. The molecule has 4 nitrogen and oxygen atoms in total. The molecule has 0 aromatic heterocycles. The summed E-state index contributed by atoms with van der Waals surface area (Å²) >= 11 is 5.78. The van der Waals surface area contributed by atoms with Crippen LogP contribution < -0.4 is 10.6 Å². The quantitative estimate of drug-likeness (QED) is 0.772. The maximum atomic E-state index is 11.8. The van der Waals surface area contributed by atoms with Crippen LogP contribution in [0.25, 0.3) is 0 Å². The highest BCUT2D eigenvalue weighted by Crippen LogP contribution is 2.13. The Kier molecular flexibility index (Phi) is 7.48. The number of hydrogen-bond donors (Lipinski definition) is 2. The number of hydrogen-bond acceptors (Lipinski definition) is 3. The number of nitrogens with one attached hydrogen (secondary N) is 2. The van der Waals surface area contributed by atoms with E-state index in [-0.39, 0.29) is 18.5 Å². The van der Waals surface area contributed by atoms with E-state index in [1.807, 2.05) is 0 Å². The van der Waals surface area contributed by atoms with Crippen molar-refractivity contribution in [2.45, 2.75) is 25.8 Å². The first-order valence-electron chi connectivity index (χ1n) is 6.43. The van der Waals surface area contributed by atoms with Gasteiger partial charge in [0.25, 0.3) is 0 Å². The Morgan fingerprint density at radius 2 is 2.05 bits per heavy atom. The van der Waals surface area contributed by atoms with Crippen LogP contribution in [0.4, 0.5) is 5.69 Å². The second kappa shape index (κ2) is 8.91. The minimum Gasteiger partial charge on any atom is -0.383 e. The van der Waals surface area contributed by atoms with Crippen molar-refractivity contribution >= 4 is 23.2 Å². The van der Waals surface area contributed by atoms with Crippen molar-refractivity contribution in [2.75, 3.05) is 25.6 Å². The van der Waals surface area contributed by atoms with Gasteiger partial charge in [0.05, 0.1) is 13.2 Å². The second-order valence-electron chi connectivity index (χ2n) is 4.38. The van der Waals surface area contributed by atoms with Crippen molar-refractivity contribution < 1.29 is 9.53 Å². The number of carbonyl (C=O) groups is 1. The van der Waals surface area contributed by atoms with Gasteiger partial charge in [-0.25, -0.2) is 0 Å². The van der Waals surface area contributed by atoms with Gasteiger partial charge in [-0.1, -0.05) is 24.9 Å². The Labute approximate surface area is 119 Å². The predicted octanol–water partition coefficient (Wildman–Crippen LogP) is 2.68. The largest absolute Gasteiger partial charge is 0.383 e. The first-order valence-corrected chi connectivity index (χ1v) is 6.81. The molecular weight excluding hydrogens is 264 g/mol. The zero-order valence-corrected chi connectivity index (χ0v) is 12.2. The lowest BCUT2D eigenvalue weighted by molar-refractivity contribution is -0.115. The van der Waals surface area contributed by atoms with E-state index in [0.717, 1.165) is 18.5 Å². The van der Waals surface area contributed by atoms with Gasteiger partial charge in [-0.3, -0.25) is 4.79 Å². The Balaban J connectivity index is 2.35. The number of anilines is 1. The van der Waals surface area contributed by atoms with Gasteiger partial charge in [-0.2, -0.15) is 0 Å². The van der Waals surface area contributed by atoms with Gasteiger partial charge in [0, 0.05) is 23.9 Å². The molecule has 106 valence electrons. The molecule has 0 heterocycles. The monoisotopic (exact) mass is 284 g/mol. The third kappa shape index (κ3) is 6.57. The van der Waals surface area contributed by atoms with E-state index in [4.69, 9.17) is 16.3 Å². The van der Waals surface area contributed by atoms with E-state index >= 15 is 0 Å². The van der Waals surface area contributed by atoms with Gasteiger partial charge >= 0.3 is 0 Å². The number of rotatable bonds is 8. The van der Waals surface area contributed by atoms with E-state index in [9.17, 15) is 4.79 Å². The van der Waals surface area contributed by atoms with E-state index in [0.29, 0.717) is 11.6 Å². The molecule has 0 fully saturated rings. The molecule has 0 aliphatic carbocycles. The molecule has 0 saturated heterocycles. The average Bonchev–Trinajstić information content (AvgIpc) is 2.39. The zero-order chi connectivity index (χ0) is 14.1. The number of halogens is 1. The summed E-state index contributed by atoms with van der Waals surface area (Å²) in [4.78, 5) is 11.8. The van der Waals surface area contributed by atoms with Crippen molar-refractivity contribution in [1.29, 1.82) is 0 Å². The summed E-state index contributed by atoms with van der Waals surface area (Å²) in [6, 6.07) is 7.26. The lowest BCUT2D eigenvalue weighted by atomic mass is 10.2. The van der Waals surface area contributed by atoms with Crippen LogP contribution in [-0.4, -0.2) is 32.2 Å². The summed E-state index contributed by atoms with van der Waals surface area (Å²) < 4.78 is 5.11. The summed E-state index contributed by atoms with van der Waals surface area (Å²) in [7, 11) is 1.66. The third-order valence-corrected chi connectivity index (χ3v) is 2.94. The van der Waals surface area contributed by atoms with E-state index in [2.05, 4.69) is 17.6 Å². The van der Waals surface area contributed by atoms with E-state index in [1.54, 1.807) is 31.4 Å². The van der Waals surface area contributed by atoms with Crippen LogP contribution in [0.3, 0.4) is 0 Å². The number of benzene rings is 1. The minimum absolute atomic E-state index is 0.0699. The Bertz CT molecular complexity index is 376. The molecule has 1 aromatic rings. The lowest BCUT2D eigenvalue weighted by Crippen LogP contribution is -2.38. The third-order valence-electron chi connectivity index (χ3n) is 2.68. The summed E-state index contributed by atoms with van der Waals surface area (Å²) in [6.07, 6.45) is 2.04. The number of amides is 1. The summed E-state index contributed by atoms with van der Waals surface area (Å²) in [6.45, 7) is 3.00. The summed E-state index contributed by atoms with van der Waals surface area (Å²) in [5.41, 5.74) is 0.745. The molecule has 1 aromatic carbocycles. The van der Waals surface area contributed by atoms with Gasteiger partial charge < -0.3 is 15.4 Å². The van der Waals surface area contributed by atoms with Crippen LogP contribution in [0.15, 0.2) is 24.3 Å². The first kappa shape index (κ1) is 16.0. The topological polar surface area (TPSA) is 50.4 Å². The Morgan fingerprint density at radius 3 is 2.63 bits per heavy atom.